The lowest BCUT2D eigenvalue weighted by atomic mass is 10.00. The van der Waals surface area contributed by atoms with Crippen molar-refractivity contribution in [2.24, 2.45) is 0 Å². The summed E-state index contributed by atoms with van der Waals surface area (Å²) in [6.07, 6.45) is 4.84. The highest BCUT2D eigenvalue weighted by molar-refractivity contribution is 5.27. The van der Waals surface area contributed by atoms with Gasteiger partial charge in [-0.1, -0.05) is 12.8 Å². The van der Waals surface area contributed by atoms with Gasteiger partial charge in [-0.2, -0.15) is 0 Å². The second-order valence-electron chi connectivity index (χ2n) is 4.58. The van der Waals surface area contributed by atoms with Crippen LogP contribution in [0.1, 0.15) is 43.0 Å². The molecule has 0 spiro atoms. The number of aromatic nitrogens is 2. The fraction of sp³-hybridized carbons (Fsp3) is 0.667. The molecule has 1 aliphatic carbocycles. The van der Waals surface area contributed by atoms with Gasteiger partial charge in [-0.3, -0.25) is 4.79 Å². The zero-order valence-electron chi connectivity index (χ0n) is 10.1. The van der Waals surface area contributed by atoms with Crippen LogP contribution in [0, 0.1) is 0 Å². The summed E-state index contributed by atoms with van der Waals surface area (Å²) < 4.78 is 0. The van der Waals surface area contributed by atoms with Gasteiger partial charge >= 0.3 is 0 Å². The molecule has 0 atom stereocenters. The number of hydrogen-bond acceptors (Lipinski definition) is 4. The van der Waals surface area contributed by atoms with Crippen LogP contribution in [0.15, 0.2) is 4.79 Å². The second kappa shape index (κ2) is 5.31. The maximum atomic E-state index is 11.9. The van der Waals surface area contributed by atoms with E-state index in [1.165, 1.54) is 0 Å². The van der Waals surface area contributed by atoms with Crippen LogP contribution in [0.25, 0.3) is 0 Å². The summed E-state index contributed by atoms with van der Waals surface area (Å²) in [5.74, 6) is 0.653. The van der Waals surface area contributed by atoms with Crippen molar-refractivity contribution in [2.45, 2.75) is 38.0 Å². The number of H-pyrrole nitrogens is 1. The molecule has 1 heterocycles. The third-order valence-electron chi connectivity index (χ3n) is 3.36. The molecule has 5 nitrogen and oxygen atoms in total. The first-order valence-electron chi connectivity index (χ1n) is 6.19. The van der Waals surface area contributed by atoms with Gasteiger partial charge in [0, 0.05) is 13.0 Å². The highest BCUT2D eigenvalue weighted by Gasteiger charge is 2.24. The summed E-state index contributed by atoms with van der Waals surface area (Å²) >= 11 is 0. The summed E-state index contributed by atoms with van der Waals surface area (Å²) in [6, 6.07) is 0. The van der Waals surface area contributed by atoms with Gasteiger partial charge in [-0.25, -0.2) is 4.98 Å². The van der Waals surface area contributed by atoms with Gasteiger partial charge in [0.15, 0.2) is 0 Å². The van der Waals surface area contributed by atoms with Crippen molar-refractivity contribution in [1.29, 1.82) is 0 Å². The van der Waals surface area contributed by atoms with E-state index in [1.807, 2.05) is 7.05 Å². The Morgan fingerprint density at radius 3 is 2.76 bits per heavy atom. The van der Waals surface area contributed by atoms with Crippen molar-refractivity contribution in [3.05, 3.63) is 21.7 Å². The average Bonchev–Trinajstić information content (AvgIpc) is 2.79. The molecule has 1 aromatic heterocycles. The van der Waals surface area contributed by atoms with Gasteiger partial charge in [0.1, 0.15) is 5.82 Å². The molecule has 2 rings (SSSR count). The van der Waals surface area contributed by atoms with Crippen LogP contribution in [0.3, 0.4) is 0 Å². The Morgan fingerprint density at radius 1 is 1.47 bits per heavy atom. The number of hydrogen-bond donors (Lipinski definition) is 3. The van der Waals surface area contributed by atoms with E-state index < -0.39 is 0 Å². The fourth-order valence-corrected chi connectivity index (χ4v) is 2.46. The van der Waals surface area contributed by atoms with E-state index in [2.05, 4.69) is 15.3 Å². The van der Waals surface area contributed by atoms with Gasteiger partial charge in [0.25, 0.3) is 5.56 Å². The average molecular weight is 237 g/mol. The molecule has 0 unspecified atom stereocenters. The van der Waals surface area contributed by atoms with E-state index in [-0.39, 0.29) is 17.4 Å². The third-order valence-corrected chi connectivity index (χ3v) is 3.36. The van der Waals surface area contributed by atoms with Crippen molar-refractivity contribution >= 4 is 0 Å². The molecular weight excluding hydrogens is 218 g/mol. The van der Waals surface area contributed by atoms with Gasteiger partial charge < -0.3 is 15.4 Å². The van der Waals surface area contributed by atoms with Crippen LogP contribution in [0.5, 0.6) is 5.88 Å². The minimum atomic E-state index is -0.171. The SMILES string of the molecule is CNCCc1nc(O)c(C2CCCC2)c(=O)[nH]1. The zero-order chi connectivity index (χ0) is 12.3. The van der Waals surface area contributed by atoms with Crippen LogP contribution < -0.4 is 10.9 Å². The maximum absolute atomic E-state index is 11.9. The summed E-state index contributed by atoms with van der Waals surface area (Å²) in [7, 11) is 1.84. The fourth-order valence-electron chi connectivity index (χ4n) is 2.46. The molecule has 0 amide bonds. The van der Waals surface area contributed by atoms with Crippen molar-refractivity contribution in [2.75, 3.05) is 13.6 Å². The van der Waals surface area contributed by atoms with Crippen molar-refractivity contribution in [3.8, 4) is 5.88 Å². The van der Waals surface area contributed by atoms with E-state index in [0.29, 0.717) is 17.8 Å². The Bertz CT molecular complexity index is 436. The van der Waals surface area contributed by atoms with E-state index in [1.54, 1.807) is 0 Å². The molecule has 3 N–H and O–H groups in total. The molecule has 0 aromatic carbocycles. The number of likely N-dealkylation sites (N-methyl/N-ethyl adjacent to an activating group) is 1. The molecule has 0 saturated heterocycles. The van der Waals surface area contributed by atoms with Gasteiger partial charge in [0.05, 0.1) is 5.56 Å². The van der Waals surface area contributed by atoms with Crippen LogP contribution in [-0.4, -0.2) is 28.7 Å². The summed E-state index contributed by atoms with van der Waals surface area (Å²) in [4.78, 5) is 18.8. The molecule has 5 heteroatoms. The molecule has 94 valence electrons. The number of rotatable bonds is 4. The van der Waals surface area contributed by atoms with Crippen molar-refractivity contribution in [3.63, 3.8) is 0 Å². The molecule has 1 aromatic rings. The minimum Gasteiger partial charge on any atom is -0.493 e. The molecule has 0 aliphatic heterocycles. The van der Waals surface area contributed by atoms with Gasteiger partial charge in [0.2, 0.25) is 5.88 Å². The van der Waals surface area contributed by atoms with Crippen LogP contribution in [0.2, 0.25) is 0 Å². The van der Waals surface area contributed by atoms with Crippen LogP contribution in [0.4, 0.5) is 0 Å². The van der Waals surface area contributed by atoms with E-state index in [4.69, 9.17) is 0 Å². The molecule has 1 saturated carbocycles. The van der Waals surface area contributed by atoms with E-state index >= 15 is 0 Å². The number of nitrogens with one attached hydrogen (secondary N) is 2. The van der Waals surface area contributed by atoms with Crippen molar-refractivity contribution in [1.82, 2.24) is 15.3 Å². The normalized spacial score (nSPS) is 16.5. The Morgan fingerprint density at radius 2 is 2.18 bits per heavy atom. The number of nitrogens with zero attached hydrogens (tertiary/aromatic N) is 1. The second-order valence-corrected chi connectivity index (χ2v) is 4.58. The Balaban J connectivity index is 2.25. The lowest BCUT2D eigenvalue weighted by Crippen LogP contribution is -2.21. The van der Waals surface area contributed by atoms with E-state index in [9.17, 15) is 9.90 Å². The zero-order valence-corrected chi connectivity index (χ0v) is 10.1. The van der Waals surface area contributed by atoms with Gasteiger partial charge in [-0.15, -0.1) is 0 Å². The molecule has 0 radical (unpaired) electrons. The topological polar surface area (TPSA) is 78.0 Å². The number of aromatic amines is 1. The first-order valence-corrected chi connectivity index (χ1v) is 6.19. The van der Waals surface area contributed by atoms with Crippen LogP contribution >= 0.6 is 0 Å². The predicted octanol–water partition coefficient (Wildman–Crippen LogP) is 0.895. The van der Waals surface area contributed by atoms with Crippen LogP contribution in [-0.2, 0) is 6.42 Å². The number of aromatic hydroxyl groups is 1. The molecule has 1 fully saturated rings. The maximum Gasteiger partial charge on any atom is 0.258 e. The quantitative estimate of drug-likeness (QED) is 0.727. The summed E-state index contributed by atoms with van der Waals surface area (Å²) in [5.41, 5.74) is 0.311. The Hall–Kier alpha value is -1.36. The molecule has 17 heavy (non-hydrogen) atoms. The monoisotopic (exact) mass is 237 g/mol. The van der Waals surface area contributed by atoms with Gasteiger partial charge in [-0.05, 0) is 25.8 Å². The predicted molar refractivity (Wildman–Crippen MR) is 65.4 cm³/mol. The smallest absolute Gasteiger partial charge is 0.258 e. The lowest BCUT2D eigenvalue weighted by molar-refractivity contribution is 0.431. The molecular formula is C12H19N3O2. The molecule has 1 aliphatic rings. The Kier molecular flexibility index (Phi) is 3.78. The molecule has 0 bridgehead atoms. The Labute approximate surface area is 100 Å². The third kappa shape index (κ3) is 2.66. The first-order chi connectivity index (χ1) is 8.22. The van der Waals surface area contributed by atoms with E-state index in [0.717, 1.165) is 32.2 Å². The van der Waals surface area contributed by atoms with Crippen molar-refractivity contribution < 1.29 is 5.11 Å². The summed E-state index contributed by atoms with van der Waals surface area (Å²) in [6.45, 7) is 0.727. The summed E-state index contributed by atoms with van der Waals surface area (Å²) in [5, 5.41) is 12.9. The largest absolute Gasteiger partial charge is 0.493 e. The first kappa shape index (κ1) is 12.1. The lowest BCUT2D eigenvalue weighted by Gasteiger charge is -2.10. The standard InChI is InChI=1S/C12H19N3O2/c1-13-7-6-9-14-11(16)10(12(17)15-9)8-4-2-3-5-8/h8,13H,2-7H2,1H3,(H2,14,15,16,17). The minimum absolute atomic E-state index is 0.0771. The highest BCUT2D eigenvalue weighted by atomic mass is 16.3. The highest BCUT2D eigenvalue weighted by Crippen LogP contribution is 2.35.